The van der Waals surface area contributed by atoms with E-state index in [2.05, 4.69) is 44.8 Å². The molecule has 0 aromatic rings. The average molecular weight is 175 g/mol. The van der Waals surface area contributed by atoms with Crippen molar-refractivity contribution in [2.75, 3.05) is 12.8 Å². The Morgan fingerprint density at radius 3 is 2.09 bits per heavy atom. The molecule has 0 aromatic heterocycles. The molecule has 0 aromatic carbocycles. The van der Waals surface area contributed by atoms with Crippen LogP contribution in [0, 0.1) is 5.92 Å². The number of thioether (sulfide) groups is 1. The summed E-state index contributed by atoms with van der Waals surface area (Å²) in [6, 6.07) is 0.640. The summed E-state index contributed by atoms with van der Waals surface area (Å²) in [6.45, 7) is 9.08. The van der Waals surface area contributed by atoms with Gasteiger partial charge in [0.05, 0.1) is 0 Å². The van der Waals surface area contributed by atoms with Gasteiger partial charge in [-0.25, -0.2) is 0 Å². The first-order chi connectivity index (χ1) is 5.07. The van der Waals surface area contributed by atoms with E-state index in [-0.39, 0.29) is 0 Å². The smallest absolute Gasteiger partial charge is 0.0127 e. The van der Waals surface area contributed by atoms with E-state index in [1.807, 2.05) is 7.05 Å². The second kappa shape index (κ2) is 5.90. The van der Waals surface area contributed by atoms with Crippen LogP contribution in [0.1, 0.15) is 27.7 Å². The Labute approximate surface area is 75.3 Å². The van der Waals surface area contributed by atoms with Gasteiger partial charge in [-0.05, 0) is 19.9 Å². The highest BCUT2D eigenvalue weighted by atomic mass is 32.2. The third-order valence-electron chi connectivity index (χ3n) is 2.04. The minimum Gasteiger partial charge on any atom is -0.316 e. The summed E-state index contributed by atoms with van der Waals surface area (Å²) in [5, 5.41) is 4.02. The van der Waals surface area contributed by atoms with Crippen molar-refractivity contribution in [2.45, 2.75) is 39.0 Å². The SMILES string of the molecule is CNC(C)CSC(C)C(C)C. The van der Waals surface area contributed by atoms with Crippen molar-refractivity contribution < 1.29 is 0 Å². The maximum Gasteiger partial charge on any atom is 0.0127 e. The van der Waals surface area contributed by atoms with Gasteiger partial charge in [-0.2, -0.15) is 11.8 Å². The van der Waals surface area contributed by atoms with Crippen LogP contribution in [0.2, 0.25) is 0 Å². The van der Waals surface area contributed by atoms with Gasteiger partial charge in [-0.15, -0.1) is 0 Å². The quantitative estimate of drug-likeness (QED) is 0.688. The Morgan fingerprint density at radius 2 is 1.73 bits per heavy atom. The van der Waals surface area contributed by atoms with E-state index in [1.165, 1.54) is 5.75 Å². The lowest BCUT2D eigenvalue weighted by Crippen LogP contribution is -2.25. The highest BCUT2D eigenvalue weighted by Gasteiger charge is 2.08. The van der Waals surface area contributed by atoms with Crippen LogP contribution >= 0.6 is 11.8 Å². The lowest BCUT2D eigenvalue weighted by molar-refractivity contribution is 0.633. The van der Waals surface area contributed by atoms with Gasteiger partial charge in [0.2, 0.25) is 0 Å². The van der Waals surface area contributed by atoms with E-state index < -0.39 is 0 Å². The van der Waals surface area contributed by atoms with Gasteiger partial charge in [-0.1, -0.05) is 20.8 Å². The maximum atomic E-state index is 3.24. The highest BCUT2D eigenvalue weighted by molar-refractivity contribution is 7.99. The molecular formula is C9H21NS. The molecule has 1 N–H and O–H groups in total. The molecule has 0 fully saturated rings. The minimum absolute atomic E-state index is 0.640. The Balaban J connectivity index is 3.37. The van der Waals surface area contributed by atoms with Crippen molar-refractivity contribution in [1.29, 1.82) is 0 Å². The molecule has 0 aliphatic carbocycles. The first kappa shape index (κ1) is 11.3. The summed E-state index contributed by atoms with van der Waals surface area (Å²) in [6.07, 6.45) is 0. The monoisotopic (exact) mass is 175 g/mol. The van der Waals surface area contributed by atoms with Crippen LogP contribution < -0.4 is 5.32 Å². The van der Waals surface area contributed by atoms with E-state index >= 15 is 0 Å². The molecule has 0 bridgehead atoms. The molecule has 0 aliphatic rings. The molecule has 0 saturated carbocycles. The van der Waals surface area contributed by atoms with Gasteiger partial charge in [0.15, 0.2) is 0 Å². The standard InChI is InChI=1S/C9H21NS/c1-7(2)9(4)11-6-8(3)10-5/h7-10H,6H2,1-5H3. The maximum absolute atomic E-state index is 3.24. The Hall–Kier alpha value is 0.310. The summed E-state index contributed by atoms with van der Waals surface area (Å²) < 4.78 is 0. The van der Waals surface area contributed by atoms with Crippen LogP contribution in [0.4, 0.5) is 0 Å². The molecule has 0 rings (SSSR count). The second-order valence-corrected chi connectivity index (χ2v) is 4.88. The molecule has 0 saturated heterocycles. The van der Waals surface area contributed by atoms with Crippen LogP contribution in [-0.2, 0) is 0 Å². The topological polar surface area (TPSA) is 12.0 Å². The predicted molar refractivity (Wildman–Crippen MR) is 55.3 cm³/mol. The zero-order valence-corrected chi connectivity index (χ0v) is 9.16. The Kier molecular flexibility index (Phi) is 6.06. The predicted octanol–water partition coefficient (Wildman–Crippen LogP) is 2.37. The zero-order chi connectivity index (χ0) is 8.85. The van der Waals surface area contributed by atoms with Crippen molar-refractivity contribution in [3.05, 3.63) is 0 Å². The van der Waals surface area contributed by atoms with Crippen molar-refractivity contribution in [1.82, 2.24) is 5.32 Å². The van der Waals surface area contributed by atoms with Crippen molar-refractivity contribution in [3.8, 4) is 0 Å². The summed E-state index contributed by atoms with van der Waals surface area (Å²) in [4.78, 5) is 0. The zero-order valence-electron chi connectivity index (χ0n) is 8.35. The van der Waals surface area contributed by atoms with Crippen LogP contribution in [0.3, 0.4) is 0 Å². The van der Waals surface area contributed by atoms with Gasteiger partial charge in [0, 0.05) is 17.0 Å². The number of nitrogens with one attached hydrogen (secondary N) is 1. The van der Waals surface area contributed by atoms with Gasteiger partial charge in [-0.3, -0.25) is 0 Å². The fourth-order valence-electron chi connectivity index (χ4n) is 0.572. The summed E-state index contributed by atoms with van der Waals surface area (Å²) in [7, 11) is 2.02. The molecule has 2 unspecified atom stereocenters. The third kappa shape index (κ3) is 5.57. The molecule has 1 nitrogen and oxygen atoms in total. The van der Waals surface area contributed by atoms with Crippen molar-refractivity contribution in [3.63, 3.8) is 0 Å². The summed E-state index contributed by atoms with van der Waals surface area (Å²) in [5.41, 5.74) is 0. The molecular weight excluding hydrogens is 154 g/mol. The van der Waals surface area contributed by atoms with E-state index in [1.54, 1.807) is 0 Å². The van der Waals surface area contributed by atoms with Gasteiger partial charge >= 0.3 is 0 Å². The lowest BCUT2D eigenvalue weighted by atomic mass is 10.2. The lowest BCUT2D eigenvalue weighted by Gasteiger charge is -2.17. The highest BCUT2D eigenvalue weighted by Crippen LogP contribution is 2.18. The largest absolute Gasteiger partial charge is 0.316 e. The van der Waals surface area contributed by atoms with Gasteiger partial charge < -0.3 is 5.32 Å². The van der Waals surface area contributed by atoms with Crippen LogP contribution in [-0.4, -0.2) is 24.1 Å². The van der Waals surface area contributed by atoms with Gasteiger partial charge in [0.1, 0.15) is 0 Å². The molecule has 11 heavy (non-hydrogen) atoms. The van der Waals surface area contributed by atoms with Crippen LogP contribution in [0.25, 0.3) is 0 Å². The Bertz CT molecular complexity index is 93.6. The summed E-state index contributed by atoms with van der Waals surface area (Å²) >= 11 is 2.05. The first-order valence-electron chi connectivity index (χ1n) is 4.36. The minimum atomic E-state index is 0.640. The van der Waals surface area contributed by atoms with Crippen molar-refractivity contribution in [2.24, 2.45) is 5.92 Å². The van der Waals surface area contributed by atoms with Crippen LogP contribution in [0.5, 0.6) is 0 Å². The fourth-order valence-corrected chi connectivity index (χ4v) is 1.72. The molecule has 2 atom stereocenters. The molecule has 0 aliphatic heterocycles. The molecule has 0 amide bonds. The first-order valence-corrected chi connectivity index (χ1v) is 5.41. The molecule has 0 heterocycles. The third-order valence-corrected chi connectivity index (χ3v) is 3.80. The Morgan fingerprint density at radius 1 is 1.18 bits per heavy atom. The second-order valence-electron chi connectivity index (χ2n) is 3.47. The molecule has 0 spiro atoms. The normalized spacial score (nSPS) is 16.9. The van der Waals surface area contributed by atoms with Crippen LogP contribution in [0.15, 0.2) is 0 Å². The van der Waals surface area contributed by atoms with E-state index in [4.69, 9.17) is 0 Å². The average Bonchev–Trinajstić information content (AvgIpc) is 1.99. The van der Waals surface area contributed by atoms with Crippen molar-refractivity contribution >= 4 is 11.8 Å². The van der Waals surface area contributed by atoms with Gasteiger partial charge in [0.25, 0.3) is 0 Å². The number of hydrogen-bond acceptors (Lipinski definition) is 2. The molecule has 2 heteroatoms. The van der Waals surface area contributed by atoms with E-state index in [0.717, 1.165) is 11.2 Å². The number of rotatable bonds is 5. The van der Waals surface area contributed by atoms with E-state index in [0.29, 0.717) is 6.04 Å². The number of hydrogen-bond donors (Lipinski definition) is 1. The fraction of sp³-hybridized carbons (Fsp3) is 1.00. The molecule has 0 radical (unpaired) electrons. The molecule has 68 valence electrons. The van der Waals surface area contributed by atoms with E-state index in [9.17, 15) is 0 Å². The summed E-state index contributed by atoms with van der Waals surface area (Å²) in [5.74, 6) is 2.01.